The molecule has 9 rings (SSSR count). The smallest absolute Gasteiger partial charge is 0.334 e. The number of benzene rings is 2. The van der Waals surface area contributed by atoms with Gasteiger partial charge in [0.25, 0.3) is 0 Å². The molecule has 0 spiro atoms. The zero-order chi connectivity index (χ0) is 42.7. The predicted octanol–water partition coefficient (Wildman–Crippen LogP) is 5.30. The Labute approximate surface area is 354 Å². The van der Waals surface area contributed by atoms with Crippen LogP contribution in [0.25, 0.3) is 11.0 Å². The van der Waals surface area contributed by atoms with E-state index in [1.165, 1.54) is 0 Å². The number of phenolic OH excluding ortho intramolecular Hbond substituents is 2. The van der Waals surface area contributed by atoms with Gasteiger partial charge in [0.2, 0.25) is 0 Å². The Balaban J connectivity index is 1.37. The van der Waals surface area contributed by atoms with Crippen molar-refractivity contribution >= 4 is 16.9 Å². The molecule has 5 heterocycles. The molecule has 0 radical (unpaired) electrons. The van der Waals surface area contributed by atoms with Crippen LogP contribution in [0.15, 0.2) is 92.1 Å². The molecule has 7 unspecified atom stereocenters. The van der Waals surface area contributed by atoms with Crippen LogP contribution in [0.1, 0.15) is 98.6 Å². The lowest BCUT2D eigenvalue weighted by atomic mass is 9.65. The standard InChI is InChI=1S/C48H56N4O9/c1-3-31(25-6-4-5-7-25)47(58)60-37-20-34-43(57)41-36(56)19-30(22-53)59-45(41)42-40-32-14-15-51-46(50)39(32)27(10-9-26-11-12-29(55)18-33(26)35(40)23-54)17-28(48(37,2)61-44(34)42)16-24-8-13-38(49)52-21-24/h3,8,11-14,18-19,21,25,27-28,35,37-38,40,51-55,57H,4-7,9-10,15-17,20,22-23,49-50H2,1-2H3. The molecule has 13 heteroatoms. The number of phenols is 2. The zero-order valence-corrected chi connectivity index (χ0v) is 34.7. The molecule has 2 aliphatic carbocycles. The fourth-order valence-electron chi connectivity index (χ4n) is 11.3. The summed E-state index contributed by atoms with van der Waals surface area (Å²) in [5.74, 6) is -2.07. The molecule has 2 aromatic carbocycles. The third-order valence-electron chi connectivity index (χ3n) is 14.4. The maximum atomic E-state index is 14.5. The molecule has 0 saturated heterocycles. The maximum absolute atomic E-state index is 14.5. The van der Waals surface area contributed by atoms with E-state index in [0.717, 1.165) is 54.0 Å². The van der Waals surface area contributed by atoms with Gasteiger partial charge >= 0.3 is 5.97 Å². The number of aliphatic hydroxyl groups excluding tert-OH is 2. The van der Waals surface area contributed by atoms with Gasteiger partial charge in [0.15, 0.2) is 5.43 Å². The van der Waals surface area contributed by atoms with Gasteiger partial charge in [-0.2, -0.15) is 0 Å². The van der Waals surface area contributed by atoms with E-state index in [4.69, 9.17) is 25.4 Å². The summed E-state index contributed by atoms with van der Waals surface area (Å²) < 4.78 is 20.7. The van der Waals surface area contributed by atoms with Crippen LogP contribution in [0.2, 0.25) is 0 Å². The van der Waals surface area contributed by atoms with Crippen LogP contribution < -0.4 is 32.3 Å². The van der Waals surface area contributed by atoms with Gasteiger partial charge in [0, 0.05) is 59.7 Å². The van der Waals surface area contributed by atoms with Crippen molar-refractivity contribution in [1.29, 1.82) is 0 Å². The van der Waals surface area contributed by atoms with Gasteiger partial charge in [-0.15, -0.1) is 0 Å². The Morgan fingerprint density at radius 1 is 1.13 bits per heavy atom. The van der Waals surface area contributed by atoms with Gasteiger partial charge in [0.1, 0.15) is 58.1 Å². The quantitative estimate of drug-likeness (QED) is 0.112. The van der Waals surface area contributed by atoms with Gasteiger partial charge in [-0.1, -0.05) is 37.1 Å². The van der Waals surface area contributed by atoms with Crippen molar-refractivity contribution < 1.29 is 39.1 Å². The maximum Gasteiger partial charge on any atom is 0.334 e. The van der Waals surface area contributed by atoms with Crippen LogP contribution >= 0.6 is 0 Å². The highest BCUT2D eigenvalue weighted by Crippen LogP contribution is 2.59. The summed E-state index contributed by atoms with van der Waals surface area (Å²) in [6.07, 6.45) is 14.5. The third-order valence-corrected chi connectivity index (χ3v) is 14.4. The monoisotopic (exact) mass is 832 g/mol. The number of hydrogen-bond donors (Lipinski definition) is 8. The van der Waals surface area contributed by atoms with Crippen molar-refractivity contribution in [3.63, 3.8) is 0 Å². The van der Waals surface area contributed by atoms with Crippen molar-refractivity contribution in [2.75, 3.05) is 13.2 Å². The molecule has 1 fully saturated rings. The lowest BCUT2D eigenvalue weighted by Crippen LogP contribution is -2.57. The molecule has 4 aliphatic heterocycles. The highest BCUT2D eigenvalue weighted by Gasteiger charge is 2.54. The SMILES string of the molecule is CC=C(C(=O)OC1Cc2c3c(c4oc(CO)cc(=O)c4c2O)C2C4=CCNC(N)=C4C(CCc4ccc(O)cc4C2CO)CC(CC2=CNC(N)C=C2)C1(C)O3)C1CCCC1. The number of esters is 1. The number of aromatic hydroxyl groups is 2. The number of carbonyl (C=O) groups is 1. The Morgan fingerprint density at radius 3 is 2.66 bits per heavy atom. The van der Waals surface area contributed by atoms with Gasteiger partial charge < -0.3 is 56.4 Å². The number of carbonyl (C=O) groups excluding carboxylic acids is 1. The highest BCUT2D eigenvalue weighted by atomic mass is 16.6. The average Bonchev–Trinajstić information content (AvgIpc) is 3.79. The summed E-state index contributed by atoms with van der Waals surface area (Å²) in [6.45, 7) is 3.24. The number of aliphatic hydroxyl groups is 2. The highest BCUT2D eigenvalue weighted by molar-refractivity contribution is 5.92. The van der Waals surface area contributed by atoms with Crippen molar-refractivity contribution in [2.45, 2.75) is 108 Å². The molecule has 10 N–H and O–H groups in total. The number of ether oxygens (including phenoxy) is 2. The molecule has 3 aromatic rings. The molecule has 7 atom stereocenters. The molecule has 13 nitrogen and oxygen atoms in total. The minimum atomic E-state index is -1.26. The second kappa shape index (κ2) is 16.1. The number of rotatable bonds is 7. The first-order valence-electron chi connectivity index (χ1n) is 21.7. The minimum absolute atomic E-state index is 0.00764. The summed E-state index contributed by atoms with van der Waals surface area (Å²) in [5.41, 5.74) is 17.0. The molecule has 1 aromatic heterocycles. The normalized spacial score (nSPS) is 28.6. The van der Waals surface area contributed by atoms with Crippen LogP contribution in [-0.4, -0.2) is 57.4 Å². The fraction of sp³-hybridized carbons (Fsp3) is 0.458. The number of fused-ring (bicyclic) bond motifs is 5. The Bertz CT molecular complexity index is 2490. The number of dihydropyridines is 2. The number of nitrogens with one attached hydrogen (secondary N) is 2. The average molecular weight is 833 g/mol. The first-order valence-corrected chi connectivity index (χ1v) is 21.7. The molecular weight excluding hydrogens is 777 g/mol. The number of nitrogens with two attached hydrogens (primary N) is 2. The van der Waals surface area contributed by atoms with Crippen molar-refractivity contribution in [3.8, 4) is 17.2 Å². The summed E-state index contributed by atoms with van der Waals surface area (Å²) in [5, 5.41) is 51.9. The van der Waals surface area contributed by atoms with E-state index in [-0.39, 0.29) is 76.5 Å². The summed E-state index contributed by atoms with van der Waals surface area (Å²) in [7, 11) is 0. The second-order valence-electron chi connectivity index (χ2n) is 17.8. The van der Waals surface area contributed by atoms with E-state index < -0.39 is 41.5 Å². The molecule has 322 valence electrons. The number of allylic oxidation sites excluding steroid dienone is 5. The van der Waals surface area contributed by atoms with Crippen LogP contribution in [0, 0.1) is 17.8 Å². The van der Waals surface area contributed by atoms with Gasteiger partial charge in [0.05, 0.1) is 12.8 Å². The Hall–Kier alpha value is -5.50. The van der Waals surface area contributed by atoms with E-state index in [0.29, 0.717) is 54.7 Å². The van der Waals surface area contributed by atoms with Gasteiger partial charge in [-0.3, -0.25) is 4.79 Å². The fourth-order valence-corrected chi connectivity index (χ4v) is 11.3. The van der Waals surface area contributed by atoms with E-state index in [1.54, 1.807) is 12.1 Å². The first-order chi connectivity index (χ1) is 29.4. The minimum Gasteiger partial charge on any atom is -0.508 e. The van der Waals surface area contributed by atoms with Crippen LogP contribution in [-0.2, 0) is 29.0 Å². The van der Waals surface area contributed by atoms with Crippen LogP contribution in [0.5, 0.6) is 17.2 Å². The van der Waals surface area contributed by atoms with Crippen molar-refractivity contribution in [1.82, 2.24) is 10.6 Å². The largest absolute Gasteiger partial charge is 0.508 e. The topological polar surface area (TPSA) is 223 Å². The molecule has 6 aliphatic rings. The van der Waals surface area contributed by atoms with Crippen molar-refractivity contribution in [2.24, 2.45) is 29.2 Å². The van der Waals surface area contributed by atoms with Gasteiger partial charge in [-0.25, -0.2) is 4.79 Å². The second-order valence-corrected chi connectivity index (χ2v) is 17.8. The first kappa shape index (κ1) is 40.9. The molecular formula is C48H56N4O9. The van der Waals surface area contributed by atoms with Gasteiger partial charge in [-0.05, 0) is 110 Å². The zero-order valence-electron chi connectivity index (χ0n) is 34.7. The number of aryl methyl sites for hydroxylation is 1. The van der Waals surface area contributed by atoms with Crippen molar-refractivity contribution in [3.05, 3.63) is 121 Å². The van der Waals surface area contributed by atoms with Crippen LogP contribution in [0.4, 0.5) is 0 Å². The Kier molecular flexibility index (Phi) is 10.8. The number of hydrogen-bond acceptors (Lipinski definition) is 13. The molecule has 0 amide bonds. The molecule has 4 bridgehead atoms. The van der Waals surface area contributed by atoms with E-state index in [2.05, 4.69) is 16.7 Å². The van der Waals surface area contributed by atoms with E-state index in [1.807, 2.05) is 44.3 Å². The lowest BCUT2D eigenvalue weighted by molar-refractivity contribution is -0.166. The molecule has 1 saturated carbocycles. The summed E-state index contributed by atoms with van der Waals surface area (Å²) >= 11 is 0. The summed E-state index contributed by atoms with van der Waals surface area (Å²) in [4.78, 5) is 28.7. The summed E-state index contributed by atoms with van der Waals surface area (Å²) in [6, 6.07) is 6.40. The molecule has 61 heavy (non-hydrogen) atoms. The predicted molar refractivity (Wildman–Crippen MR) is 229 cm³/mol. The Morgan fingerprint density at radius 2 is 1.93 bits per heavy atom. The van der Waals surface area contributed by atoms with E-state index in [9.17, 15) is 30.0 Å². The van der Waals surface area contributed by atoms with Crippen LogP contribution in [0.3, 0.4) is 0 Å². The third kappa shape index (κ3) is 7.00. The van der Waals surface area contributed by atoms with E-state index >= 15 is 0 Å². The lowest BCUT2D eigenvalue weighted by Gasteiger charge is -2.50.